The third-order valence-corrected chi connectivity index (χ3v) is 6.84. The van der Waals surface area contributed by atoms with Crippen molar-refractivity contribution in [1.29, 1.82) is 0 Å². The Morgan fingerprint density at radius 1 is 1.00 bits per heavy atom. The second-order valence-electron chi connectivity index (χ2n) is 9.74. The van der Waals surface area contributed by atoms with Crippen LogP contribution >= 0.6 is 11.6 Å². The van der Waals surface area contributed by atoms with E-state index in [4.69, 9.17) is 16.3 Å². The Labute approximate surface area is 259 Å². The van der Waals surface area contributed by atoms with Crippen molar-refractivity contribution in [1.82, 2.24) is 18.8 Å². The van der Waals surface area contributed by atoms with Crippen LogP contribution in [0.3, 0.4) is 0 Å². The largest absolute Gasteiger partial charge is 0.573 e. The summed E-state index contributed by atoms with van der Waals surface area (Å²) in [5, 5.41) is 3.49. The van der Waals surface area contributed by atoms with Crippen LogP contribution in [0, 0.1) is 5.92 Å². The molecule has 238 valence electrons. The molecular formula is C28H25ClF3N5O7S. The molecule has 2 heterocycles. The number of alkyl halides is 3. The summed E-state index contributed by atoms with van der Waals surface area (Å²) in [6.07, 6.45) is -3.18. The first-order chi connectivity index (χ1) is 21.1. The molecule has 0 saturated carbocycles. The van der Waals surface area contributed by atoms with E-state index in [0.717, 1.165) is 29.2 Å². The lowest BCUT2D eigenvalue weighted by molar-refractivity contribution is -0.274. The molecule has 0 saturated heterocycles. The fraction of sp³-hybridized carbons (Fsp3) is 0.214. The first-order valence-electron chi connectivity index (χ1n) is 12.9. The number of nitrogens with zero attached hydrogens (tertiary/aromatic N) is 3. The van der Waals surface area contributed by atoms with Gasteiger partial charge in [-0.25, -0.2) is 18.2 Å². The highest BCUT2D eigenvalue weighted by Gasteiger charge is 2.31. The zero-order chi connectivity index (χ0) is 32.9. The topological polar surface area (TPSA) is 151 Å². The van der Waals surface area contributed by atoms with E-state index in [-0.39, 0.29) is 30.5 Å². The van der Waals surface area contributed by atoms with Gasteiger partial charge in [-0.2, -0.15) is 0 Å². The average molecular weight is 668 g/mol. The van der Waals surface area contributed by atoms with Crippen LogP contribution in [-0.4, -0.2) is 41.1 Å². The number of halogens is 4. The minimum Gasteiger partial charge on any atom is -0.439 e. The SMILES string of the molecule is C[C@@H](Cn1c(=O)cc(Nc2ccc(Oc3ccc(OC(F)(F)F)cn3)cc2)n(Cc2ccc(Cl)cc2)c1=O)C(=O)NS(C)(=O)=O. The molecule has 0 fully saturated rings. The number of amides is 1. The van der Waals surface area contributed by atoms with E-state index in [2.05, 4.69) is 15.0 Å². The number of carbonyl (C=O) groups is 1. The minimum atomic E-state index is -4.85. The molecule has 0 aliphatic rings. The summed E-state index contributed by atoms with van der Waals surface area (Å²) in [5.74, 6) is -2.02. The van der Waals surface area contributed by atoms with Gasteiger partial charge < -0.3 is 14.8 Å². The molecule has 0 aliphatic heterocycles. The van der Waals surface area contributed by atoms with Crippen molar-refractivity contribution < 1.29 is 35.9 Å². The van der Waals surface area contributed by atoms with E-state index in [0.29, 0.717) is 16.3 Å². The van der Waals surface area contributed by atoms with Crippen LogP contribution in [0.5, 0.6) is 17.4 Å². The number of hydrogen-bond acceptors (Lipinski definition) is 9. The molecule has 1 atom stereocenters. The van der Waals surface area contributed by atoms with Crippen molar-refractivity contribution in [2.75, 3.05) is 11.6 Å². The number of ether oxygens (including phenoxy) is 2. The zero-order valence-corrected chi connectivity index (χ0v) is 25.1. The summed E-state index contributed by atoms with van der Waals surface area (Å²) >= 11 is 5.99. The number of carbonyl (C=O) groups excluding carboxylic acids is 1. The third kappa shape index (κ3) is 9.58. The van der Waals surface area contributed by atoms with Gasteiger partial charge >= 0.3 is 12.1 Å². The highest BCUT2D eigenvalue weighted by molar-refractivity contribution is 7.89. The third-order valence-electron chi connectivity index (χ3n) is 6.01. The quantitative estimate of drug-likeness (QED) is 0.239. The van der Waals surface area contributed by atoms with Crippen molar-refractivity contribution in [2.45, 2.75) is 26.4 Å². The number of nitrogens with one attached hydrogen (secondary N) is 2. The Morgan fingerprint density at radius 3 is 2.22 bits per heavy atom. The second-order valence-corrected chi connectivity index (χ2v) is 11.9. The normalized spacial score (nSPS) is 12.3. The van der Waals surface area contributed by atoms with E-state index in [1.54, 1.807) is 36.4 Å². The van der Waals surface area contributed by atoms with Crippen LogP contribution in [0.2, 0.25) is 5.02 Å². The smallest absolute Gasteiger partial charge is 0.439 e. The minimum absolute atomic E-state index is 0.00342. The molecule has 17 heteroatoms. The first kappa shape index (κ1) is 33.1. The number of pyridine rings is 1. The van der Waals surface area contributed by atoms with Crippen molar-refractivity contribution in [3.05, 3.63) is 104 Å². The van der Waals surface area contributed by atoms with E-state index >= 15 is 0 Å². The number of rotatable bonds is 11. The Hall–Kier alpha value is -4.83. The monoisotopic (exact) mass is 667 g/mol. The van der Waals surface area contributed by atoms with Crippen LogP contribution in [-0.2, 0) is 27.9 Å². The molecule has 0 bridgehead atoms. The van der Waals surface area contributed by atoms with Gasteiger partial charge in [0, 0.05) is 29.4 Å². The standard InChI is InChI=1S/C28H25ClF3N5O7S/c1-17(26(39)35-45(2,41)42)15-37-25(38)13-23(36(27(37)40)16-18-3-5-19(29)6-4-18)34-20-7-9-21(10-8-20)43-24-12-11-22(14-33-24)44-28(30,31)32/h3-14,17,34H,15-16H2,1-2H3,(H,35,39)/t17-/m0/s1. The molecule has 0 radical (unpaired) electrons. The van der Waals surface area contributed by atoms with Crippen molar-refractivity contribution >= 4 is 39.0 Å². The van der Waals surface area contributed by atoms with Gasteiger partial charge in [0.1, 0.15) is 17.3 Å². The van der Waals surface area contributed by atoms with Crippen LogP contribution in [0.25, 0.3) is 0 Å². The molecule has 12 nitrogen and oxygen atoms in total. The van der Waals surface area contributed by atoms with Gasteiger partial charge in [0.2, 0.25) is 21.8 Å². The first-order valence-corrected chi connectivity index (χ1v) is 15.2. The number of aromatic nitrogens is 3. The van der Waals surface area contributed by atoms with Crippen molar-refractivity contribution in [3.63, 3.8) is 0 Å². The molecule has 2 N–H and O–H groups in total. The van der Waals surface area contributed by atoms with Crippen LogP contribution in [0.4, 0.5) is 24.7 Å². The van der Waals surface area contributed by atoms with Gasteiger partial charge in [-0.1, -0.05) is 30.7 Å². The molecule has 2 aromatic carbocycles. The number of hydrogen-bond donors (Lipinski definition) is 2. The maximum atomic E-state index is 13.6. The highest BCUT2D eigenvalue weighted by Crippen LogP contribution is 2.26. The van der Waals surface area contributed by atoms with Gasteiger partial charge in [-0.15, -0.1) is 13.2 Å². The predicted octanol–water partition coefficient (Wildman–Crippen LogP) is 4.25. The molecule has 1 amide bonds. The summed E-state index contributed by atoms with van der Waals surface area (Å²) < 4.78 is 73.3. The van der Waals surface area contributed by atoms with E-state index in [1.165, 1.54) is 29.7 Å². The lowest BCUT2D eigenvalue weighted by Gasteiger charge is -2.18. The van der Waals surface area contributed by atoms with Gasteiger partial charge in [0.05, 0.1) is 24.9 Å². The molecule has 45 heavy (non-hydrogen) atoms. The number of anilines is 2. The molecule has 0 unspecified atom stereocenters. The number of benzene rings is 2. The fourth-order valence-corrected chi connectivity index (χ4v) is 4.64. The van der Waals surface area contributed by atoms with Gasteiger partial charge in [0.15, 0.2) is 0 Å². The fourth-order valence-electron chi connectivity index (χ4n) is 3.95. The van der Waals surface area contributed by atoms with Crippen LogP contribution < -0.4 is 30.8 Å². The van der Waals surface area contributed by atoms with E-state index in [9.17, 15) is 36.0 Å². The van der Waals surface area contributed by atoms with Gasteiger partial charge in [-0.05, 0) is 48.0 Å². The lowest BCUT2D eigenvalue weighted by atomic mass is 10.1. The maximum absolute atomic E-state index is 13.6. The van der Waals surface area contributed by atoms with Gasteiger partial charge in [0.25, 0.3) is 5.56 Å². The molecule has 0 spiro atoms. The summed E-state index contributed by atoms with van der Waals surface area (Å²) in [6.45, 7) is 0.999. The van der Waals surface area contributed by atoms with E-state index < -0.39 is 45.2 Å². The molecule has 2 aromatic heterocycles. The van der Waals surface area contributed by atoms with Crippen molar-refractivity contribution in [2.24, 2.45) is 5.92 Å². The molecule has 4 aromatic rings. The summed E-state index contributed by atoms with van der Waals surface area (Å²) in [6, 6.07) is 16.2. The van der Waals surface area contributed by atoms with Gasteiger partial charge in [-0.3, -0.25) is 23.4 Å². The second kappa shape index (κ2) is 13.4. The summed E-state index contributed by atoms with van der Waals surface area (Å²) in [7, 11) is -3.85. The molecule has 4 rings (SSSR count). The average Bonchev–Trinajstić information content (AvgIpc) is 2.94. The molecule has 0 aliphatic carbocycles. The van der Waals surface area contributed by atoms with E-state index in [1.807, 2.05) is 4.72 Å². The highest BCUT2D eigenvalue weighted by atomic mass is 35.5. The number of sulfonamides is 1. The Bertz CT molecular complexity index is 1900. The van der Waals surface area contributed by atoms with Crippen LogP contribution in [0.15, 0.2) is 82.5 Å². The Kier molecular flexibility index (Phi) is 9.87. The Balaban J connectivity index is 1.59. The zero-order valence-electron chi connectivity index (χ0n) is 23.5. The maximum Gasteiger partial charge on any atom is 0.573 e. The van der Waals surface area contributed by atoms with Crippen molar-refractivity contribution in [3.8, 4) is 17.4 Å². The summed E-state index contributed by atoms with van der Waals surface area (Å²) in [5.41, 5.74) is -0.396. The predicted molar refractivity (Wildman–Crippen MR) is 158 cm³/mol. The Morgan fingerprint density at radius 2 is 1.64 bits per heavy atom. The lowest BCUT2D eigenvalue weighted by Crippen LogP contribution is -2.44. The van der Waals surface area contributed by atoms with Crippen LogP contribution in [0.1, 0.15) is 12.5 Å². The molecular weight excluding hydrogens is 643 g/mol. The summed E-state index contributed by atoms with van der Waals surface area (Å²) in [4.78, 5) is 42.7.